The van der Waals surface area contributed by atoms with Crippen molar-refractivity contribution < 1.29 is 4.79 Å². The average Bonchev–Trinajstić information content (AvgIpc) is 2.82. The van der Waals surface area contributed by atoms with Gasteiger partial charge in [-0.1, -0.05) is 5.21 Å². The van der Waals surface area contributed by atoms with Crippen LogP contribution in [-0.4, -0.2) is 51.0 Å². The minimum atomic E-state index is 0. The van der Waals surface area contributed by atoms with E-state index in [9.17, 15) is 4.79 Å². The lowest BCUT2D eigenvalue weighted by Gasteiger charge is -2.38. The van der Waals surface area contributed by atoms with Crippen molar-refractivity contribution in [3.8, 4) is 0 Å². The van der Waals surface area contributed by atoms with E-state index >= 15 is 0 Å². The lowest BCUT2D eigenvalue weighted by molar-refractivity contribution is 0.0603. The van der Waals surface area contributed by atoms with Crippen LogP contribution < -0.4 is 5.32 Å². The van der Waals surface area contributed by atoms with Gasteiger partial charge in [0.15, 0.2) is 0 Å². The summed E-state index contributed by atoms with van der Waals surface area (Å²) < 4.78 is 1.71. The average molecular weight is 310 g/mol. The fourth-order valence-electron chi connectivity index (χ4n) is 2.68. The summed E-state index contributed by atoms with van der Waals surface area (Å²) in [5.41, 5.74) is 2.37. The van der Waals surface area contributed by atoms with Gasteiger partial charge in [0, 0.05) is 37.8 Å². The number of fused-ring (bicyclic) bond motifs is 1. The molecule has 2 unspecified atom stereocenters. The van der Waals surface area contributed by atoms with Crippen molar-refractivity contribution in [2.24, 2.45) is 7.05 Å². The van der Waals surface area contributed by atoms with Gasteiger partial charge in [0.25, 0.3) is 5.91 Å². The van der Waals surface area contributed by atoms with Crippen molar-refractivity contribution in [3.63, 3.8) is 0 Å². The Morgan fingerprint density at radius 3 is 2.90 bits per heavy atom. The van der Waals surface area contributed by atoms with Gasteiger partial charge < -0.3 is 10.2 Å². The van der Waals surface area contributed by atoms with Crippen LogP contribution in [0.3, 0.4) is 0 Å². The number of nitrogens with zero attached hydrogens (tertiary/aromatic N) is 4. The largest absolute Gasteiger partial charge is 0.333 e. The lowest BCUT2D eigenvalue weighted by atomic mass is 10.1. The van der Waals surface area contributed by atoms with Crippen LogP contribution in [0.1, 0.15) is 24.2 Å². The summed E-state index contributed by atoms with van der Waals surface area (Å²) in [6.07, 6.45) is 0. The predicted molar refractivity (Wildman–Crippen MR) is 83.7 cm³/mol. The van der Waals surface area contributed by atoms with Gasteiger partial charge >= 0.3 is 0 Å². The minimum absolute atomic E-state index is 0. The molecule has 1 aliphatic rings. The molecule has 1 fully saturated rings. The SMILES string of the molecule is CC1NCCN(C(=O)c2ccc3c(c2)nnn3C)C1C.Cl. The Morgan fingerprint density at radius 2 is 2.14 bits per heavy atom. The summed E-state index contributed by atoms with van der Waals surface area (Å²) >= 11 is 0. The number of benzene rings is 1. The Morgan fingerprint density at radius 1 is 1.38 bits per heavy atom. The van der Waals surface area contributed by atoms with Gasteiger partial charge in [0.05, 0.1) is 5.52 Å². The predicted octanol–water partition coefficient (Wildman–Crippen LogP) is 1.21. The van der Waals surface area contributed by atoms with Crippen molar-refractivity contribution in [1.82, 2.24) is 25.2 Å². The minimum Gasteiger partial charge on any atom is -0.333 e. The number of aromatic nitrogens is 3. The van der Waals surface area contributed by atoms with E-state index in [2.05, 4.69) is 29.5 Å². The number of amides is 1. The van der Waals surface area contributed by atoms with Crippen LogP contribution in [0.5, 0.6) is 0 Å². The second kappa shape index (κ2) is 5.99. The molecule has 1 saturated heterocycles. The Hall–Kier alpha value is -1.66. The van der Waals surface area contributed by atoms with Gasteiger partial charge in [-0.2, -0.15) is 0 Å². The molecule has 7 heteroatoms. The van der Waals surface area contributed by atoms with Gasteiger partial charge in [-0.3, -0.25) is 4.79 Å². The molecular weight excluding hydrogens is 290 g/mol. The first-order chi connectivity index (χ1) is 9.58. The number of aryl methyl sites for hydroxylation is 1. The third-order valence-corrected chi connectivity index (χ3v) is 4.15. The highest BCUT2D eigenvalue weighted by molar-refractivity contribution is 5.97. The molecule has 114 valence electrons. The zero-order valence-electron chi connectivity index (χ0n) is 12.4. The summed E-state index contributed by atoms with van der Waals surface area (Å²) in [4.78, 5) is 14.6. The number of hydrogen-bond donors (Lipinski definition) is 1. The smallest absolute Gasteiger partial charge is 0.254 e. The van der Waals surface area contributed by atoms with E-state index in [1.165, 1.54) is 0 Å². The maximum atomic E-state index is 12.6. The van der Waals surface area contributed by atoms with E-state index in [-0.39, 0.29) is 24.4 Å². The molecule has 21 heavy (non-hydrogen) atoms. The van der Waals surface area contributed by atoms with E-state index in [4.69, 9.17) is 0 Å². The molecule has 1 N–H and O–H groups in total. The number of rotatable bonds is 1. The maximum Gasteiger partial charge on any atom is 0.254 e. The van der Waals surface area contributed by atoms with Gasteiger partial charge in [0.1, 0.15) is 5.52 Å². The fourth-order valence-corrected chi connectivity index (χ4v) is 2.68. The monoisotopic (exact) mass is 309 g/mol. The number of carbonyl (C=O) groups is 1. The van der Waals surface area contributed by atoms with Crippen LogP contribution in [0, 0.1) is 0 Å². The van der Waals surface area contributed by atoms with Crippen LogP contribution in [0.2, 0.25) is 0 Å². The summed E-state index contributed by atoms with van der Waals surface area (Å²) in [5, 5.41) is 11.4. The molecule has 0 bridgehead atoms. The van der Waals surface area contributed by atoms with Crippen LogP contribution >= 0.6 is 12.4 Å². The summed E-state index contributed by atoms with van der Waals surface area (Å²) in [6.45, 7) is 5.76. The Kier molecular flexibility index (Phi) is 4.49. The molecule has 2 atom stereocenters. The molecule has 1 aromatic heterocycles. The Labute approximate surface area is 129 Å². The highest BCUT2D eigenvalue weighted by Crippen LogP contribution is 2.17. The zero-order chi connectivity index (χ0) is 14.3. The van der Waals surface area contributed by atoms with Crippen LogP contribution in [0.15, 0.2) is 18.2 Å². The molecular formula is C14H20ClN5O. The van der Waals surface area contributed by atoms with E-state index in [1.807, 2.05) is 30.1 Å². The number of piperazine rings is 1. The van der Waals surface area contributed by atoms with Crippen LogP contribution in [0.25, 0.3) is 11.0 Å². The fraction of sp³-hybridized carbons (Fsp3) is 0.500. The quantitative estimate of drug-likeness (QED) is 0.860. The van der Waals surface area contributed by atoms with Crippen molar-refractivity contribution >= 4 is 29.3 Å². The van der Waals surface area contributed by atoms with E-state index < -0.39 is 0 Å². The van der Waals surface area contributed by atoms with Crippen LogP contribution in [0.4, 0.5) is 0 Å². The van der Waals surface area contributed by atoms with Gasteiger partial charge in [-0.25, -0.2) is 4.68 Å². The highest BCUT2D eigenvalue weighted by Gasteiger charge is 2.28. The van der Waals surface area contributed by atoms with Gasteiger partial charge in [0.2, 0.25) is 0 Å². The maximum absolute atomic E-state index is 12.6. The number of halogens is 1. The van der Waals surface area contributed by atoms with E-state index in [0.717, 1.165) is 24.1 Å². The van der Waals surface area contributed by atoms with E-state index in [0.29, 0.717) is 11.6 Å². The second-order valence-electron chi connectivity index (χ2n) is 5.40. The van der Waals surface area contributed by atoms with Crippen LogP contribution in [-0.2, 0) is 7.05 Å². The Balaban J connectivity index is 0.00000161. The summed E-state index contributed by atoms with van der Waals surface area (Å²) in [6, 6.07) is 6.08. The second-order valence-corrected chi connectivity index (χ2v) is 5.40. The van der Waals surface area contributed by atoms with Crippen molar-refractivity contribution in [3.05, 3.63) is 23.8 Å². The normalized spacial score (nSPS) is 22.1. The van der Waals surface area contributed by atoms with Crippen molar-refractivity contribution in [1.29, 1.82) is 0 Å². The molecule has 2 heterocycles. The summed E-state index contributed by atoms with van der Waals surface area (Å²) in [5.74, 6) is 0.0680. The number of carbonyl (C=O) groups excluding carboxylic acids is 1. The first-order valence-electron chi connectivity index (χ1n) is 6.91. The third-order valence-electron chi connectivity index (χ3n) is 4.15. The number of nitrogens with one attached hydrogen (secondary N) is 1. The molecule has 1 aliphatic heterocycles. The molecule has 3 rings (SSSR count). The first kappa shape index (κ1) is 15.7. The first-order valence-corrected chi connectivity index (χ1v) is 6.91. The molecule has 0 aliphatic carbocycles. The molecule has 6 nitrogen and oxygen atoms in total. The van der Waals surface area contributed by atoms with E-state index in [1.54, 1.807) is 4.68 Å². The standard InChI is InChI=1S/C14H19N5O.ClH/c1-9-10(2)19(7-6-15-9)14(20)11-4-5-13-12(8-11)16-17-18(13)3;/h4-5,8-10,15H,6-7H2,1-3H3;1H. The number of hydrogen-bond acceptors (Lipinski definition) is 4. The third kappa shape index (κ3) is 2.73. The summed E-state index contributed by atoms with van der Waals surface area (Å²) in [7, 11) is 1.84. The van der Waals surface area contributed by atoms with Gasteiger partial charge in [-0.15, -0.1) is 17.5 Å². The molecule has 0 spiro atoms. The van der Waals surface area contributed by atoms with Gasteiger partial charge in [-0.05, 0) is 32.0 Å². The Bertz CT molecular complexity index is 656. The molecule has 2 aromatic rings. The lowest BCUT2D eigenvalue weighted by Crippen LogP contribution is -2.57. The molecule has 0 radical (unpaired) electrons. The van der Waals surface area contributed by atoms with Crippen molar-refractivity contribution in [2.45, 2.75) is 25.9 Å². The molecule has 1 amide bonds. The molecule has 0 saturated carbocycles. The topological polar surface area (TPSA) is 63.1 Å². The van der Waals surface area contributed by atoms with Crippen molar-refractivity contribution in [2.75, 3.05) is 13.1 Å². The molecule has 1 aromatic carbocycles. The zero-order valence-corrected chi connectivity index (χ0v) is 13.2. The highest BCUT2D eigenvalue weighted by atomic mass is 35.5.